The minimum absolute atomic E-state index is 0.147. The van der Waals surface area contributed by atoms with E-state index in [9.17, 15) is 0 Å². The topological polar surface area (TPSA) is 42.8 Å². The van der Waals surface area contributed by atoms with Gasteiger partial charge >= 0.3 is 0 Å². The number of aliphatic imine (C=N–C) groups is 1. The molecule has 2 heterocycles. The molecule has 0 aromatic heterocycles. The van der Waals surface area contributed by atoms with Crippen molar-refractivity contribution in [2.45, 2.75) is 37.7 Å². The zero-order valence-electron chi connectivity index (χ0n) is 11.7. The molecule has 0 aromatic carbocycles. The summed E-state index contributed by atoms with van der Waals surface area (Å²) in [6.07, 6.45) is 6.49. The van der Waals surface area contributed by atoms with Crippen molar-refractivity contribution in [3.63, 3.8) is 0 Å². The van der Waals surface area contributed by atoms with Crippen LogP contribution in [0.1, 0.15) is 32.1 Å². The van der Waals surface area contributed by atoms with Gasteiger partial charge in [0.1, 0.15) is 5.60 Å². The van der Waals surface area contributed by atoms with Crippen LogP contribution in [0.5, 0.6) is 0 Å². The number of nitrogens with one attached hydrogen (secondary N) is 1. The molecule has 2 aliphatic heterocycles. The minimum atomic E-state index is -0.147. The van der Waals surface area contributed by atoms with Gasteiger partial charge in [-0.3, -0.25) is 4.99 Å². The van der Waals surface area contributed by atoms with Crippen LogP contribution in [0, 0.1) is 5.41 Å². The first-order valence-corrected chi connectivity index (χ1v) is 8.29. The summed E-state index contributed by atoms with van der Waals surface area (Å²) in [5.41, 5.74) is 0.372. The first-order chi connectivity index (χ1) is 9.26. The van der Waals surface area contributed by atoms with Crippen molar-refractivity contribution in [2.75, 3.05) is 39.2 Å². The summed E-state index contributed by atoms with van der Waals surface area (Å²) >= 11 is 1.89. The zero-order valence-corrected chi connectivity index (χ0v) is 12.6. The Kier molecular flexibility index (Phi) is 4.06. The minimum Gasteiger partial charge on any atom is -0.378 e. The highest BCUT2D eigenvalue weighted by atomic mass is 32.2. The number of nitrogens with zero attached hydrogens (tertiary/aromatic N) is 1. The SMILES string of the molecule is COC1(CNC2=NCC3(CCCC3)CS2)CCOC1. The van der Waals surface area contributed by atoms with Gasteiger partial charge in [-0.2, -0.15) is 0 Å². The quantitative estimate of drug-likeness (QED) is 0.861. The summed E-state index contributed by atoms with van der Waals surface area (Å²) in [6.45, 7) is 3.32. The van der Waals surface area contributed by atoms with Gasteiger partial charge in [0.05, 0.1) is 6.61 Å². The van der Waals surface area contributed by atoms with Crippen LogP contribution < -0.4 is 5.32 Å². The number of hydrogen-bond donors (Lipinski definition) is 1. The van der Waals surface area contributed by atoms with E-state index < -0.39 is 0 Å². The van der Waals surface area contributed by atoms with Crippen molar-refractivity contribution >= 4 is 16.9 Å². The number of ether oxygens (including phenoxy) is 2. The summed E-state index contributed by atoms with van der Waals surface area (Å²) in [5.74, 6) is 1.23. The molecule has 108 valence electrons. The van der Waals surface area contributed by atoms with Gasteiger partial charge in [0.25, 0.3) is 0 Å². The molecule has 1 aliphatic carbocycles. The van der Waals surface area contributed by atoms with Gasteiger partial charge in [0, 0.05) is 39.0 Å². The lowest BCUT2D eigenvalue weighted by Crippen LogP contribution is -2.45. The lowest BCUT2D eigenvalue weighted by molar-refractivity contribution is -0.0125. The van der Waals surface area contributed by atoms with Crippen LogP contribution >= 0.6 is 11.8 Å². The molecular formula is C14H24N2O2S. The smallest absolute Gasteiger partial charge is 0.156 e. The average molecular weight is 284 g/mol. The van der Waals surface area contributed by atoms with E-state index >= 15 is 0 Å². The highest BCUT2D eigenvalue weighted by molar-refractivity contribution is 8.13. The third kappa shape index (κ3) is 2.93. The number of thioether (sulfide) groups is 1. The molecule has 1 saturated carbocycles. The van der Waals surface area contributed by atoms with Crippen molar-refractivity contribution in [1.29, 1.82) is 0 Å². The van der Waals surface area contributed by atoms with Crippen LogP contribution in [-0.4, -0.2) is 49.9 Å². The fourth-order valence-corrected chi connectivity index (χ4v) is 4.44. The van der Waals surface area contributed by atoms with E-state index in [1.54, 1.807) is 7.11 Å². The molecular weight excluding hydrogens is 260 g/mol. The summed E-state index contributed by atoms with van der Waals surface area (Å²) in [7, 11) is 1.78. The Balaban J connectivity index is 1.52. The van der Waals surface area contributed by atoms with E-state index in [0.717, 1.165) is 31.3 Å². The lowest BCUT2D eigenvalue weighted by atomic mass is 9.89. The summed E-state index contributed by atoms with van der Waals surface area (Å²) in [6, 6.07) is 0. The molecule has 1 unspecified atom stereocenters. The molecule has 2 fully saturated rings. The normalized spacial score (nSPS) is 33.6. The molecule has 5 heteroatoms. The van der Waals surface area contributed by atoms with E-state index in [0.29, 0.717) is 12.0 Å². The maximum Gasteiger partial charge on any atom is 0.156 e. The van der Waals surface area contributed by atoms with Crippen LogP contribution in [0.2, 0.25) is 0 Å². The number of amidine groups is 1. The van der Waals surface area contributed by atoms with E-state index in [4.69, 9.17) is 14.5 Å². The van der Waals surface area contributed by atoms with Gasteiger partial charge in [-0.25, -0.2) is 0 Å². The standard InChI is InChI=1S/C14H24N2O2S/c1-17-14(6-7-18-10-14)9-16-12-15-8-13(11-19-12)4-2-3-5-13/h2-11H2,1H3,(H,15,16). The fraction of sp³-hybridized carbons (Fsp3) is 0.929. The first-order valence-electron chi connectivity index (χ1n) is 7.30. The Morgan fingerprint density at radius 1 is 1.37 bits per heavy atom. The Morgan fingerprint density at radius 3 is 2.79 bits per heavy atom. The largest absolute Gasteiger partial charge is 0.378 e. The monoisotopic (exact) mass is 284 g/mol. The molecule has 0 amide bonds. The molecule has 0 bridgehead atoms. The molecule has 0 radical (unpaired) electrons. The fourth-order valence-electron chi connectivity index (χ4n) is 3.28. The Bertz CT molecular complexity index is 347. The summed E-state index contributed by atoms with van der Waals surface area (Å²) in [4.78, 5) is 4.76. The first kappa shape index (κ1) is 13.7. The Morgan fingerprint density at radius 2 is 2.21 bits per heavy atom. The number of rotatable bonds is 3. The molecule has 4 nitrogen and oxygen atoms in total. The molecule has 1 saturated heterocycles. The van der Waals surface area contributed by atoms with E-state index in [2.05, 4.69) is 5.32 Å². The third-order valence-electron chi connectivity index (χ3n) is 4.80. The Hall–Kier alpha value is -0.260. The van der Waals surface area contributed by atoms with Gasteiger partial charge in [0.2, 0.25) is 0 Å². The van der Waals surface area contributed by atoms with Crippen molar-refractivity contribution in [2.24, 2.45) is 10.4 Å². The van der Waals surface area contributed by atoms with Crippen LogP contribution in [0.15, 0.2) is 4.99 Å². The molecule has 3 rings (SSSR count). The van der Waals surface area contributed by atoms with Gasteiger partial charge in [0.15, 0.2) is 5.17 Å². The van der Waals surface area contributed by atoms with Crippen LogP contribution in [0.3, 0.4) is 0 Å². The maximum atomic E-state index is 5.63. The second-order valence-corrected chi connectivity index (χ2v) is 7.12. The highest BCUT2D eigenvalue weighted by Gasteiger charge is 2.38. The van der Waals surface area contributed by atoms with E-state index in [1.807, 2.05) is 11.8 Å². The molecule has 19 heavy (non-hydrogen) atoms. The predicted molar refractivity (Wildman–Crippen MR) is 78.8 cm³/mol. The highest BCUT2D eigenvalue weighted by Crippen LogP contribution is 2.43. The molecule has 0 aromatic rings. The number of methoxy groups -OCH3 is 1. The number of hydrogen-bond acceptors (Lipinski definition) is 5. The molecule has 3 aliphatic rings. The lowest BCUT2D eigenvalue weighted by Gasteiger charge is -2.32. The van der Waals surface area contributed by atoms with E-state index in [1.165, 1.54) is 31.4 Å². The summed E-state index contributed by atoms with van der Waals surface area (Å²) in [5, 5.41) is 4.57. The predicted octanol–water partition coefficient (Wildman–Crippen LogP) is 2.04. The van der Waals surface area contributed by atoms with Crippen molar-refractivity contribution in [3.05, 3.63) is 0 Å². The second kappa shape index (κ2) is 5.62. The average Bonchev–Trinajstić information content (AvgIpc) is 3.09. The second-order valence-electron chi connectivity index (χ2n) is 6.16. The van der Waals surface area contributed by atoms with Gasteiger partial charge in [-0.05, 0) is 18.3 Å². The maximum absolute atomic E-state index is 5.63. The third-order valence-corrected chi connectivity index (χ3v) is 6.10. The molecule has 1 atom stereocenters. The van der Waals surface area contributed by atoms with Crippen molar-refractivity contribution < 1.29 is 9.47 Å². The molecule has 1 spiro atoms. The zero-order chi connectivity index (χ0) is 13.2. The van der Waals surface area contributed by atoms with Crippen LogP contribution in [0.4, 0.5) is 0 Å². The van der Waals surface area contributed by atoms with Gasteiger partial charge in [-0.15, -0.1) is 0 Å². The van der Waals surface area contributed by atoms with E-state index in [-0.39, 0.29) is 5.60 Å². The van der Waals surface area contributed by atoms with Crippen molar-refractivity contribution in [1.82, 2.24) is 5.32 Å². The van der Waals surface area contributed by atoms with Crippen LogP contribution in [0.25, 0.3) is 0 Å². The van der Waals surface area contributed by atoms with Gasteiger partial charge < -0.3 is 14.8 Å². The van der Waals surface area contributed by atoms with Crippen molar-refractivity contribution in [3.8, 4) is 0 Å². The molecule has 1 N–H and O–H groups in total. The summed E-state index contributed by atoms with van der Waals surface area (Å²) < 4.78 is 11.1. The van der Waals surface area contributed by atoms with Crippen LogP contribution in [-0.2, 0) is 9.47 Å². The Labute approximate surface area is 119 Å². The van der Waals surface area contributed by atoms with Gasteiger partial charge in [-0.1, -0.05) is 24.6 Å².